The van der Waals surface area contributed by atoms with Crippen molar-refractivity contribution in [1.82, 2.24) is 0 Å². The fraction of sp³-hybridized carbons (Fsp3) is 0.526. The summed E-state index contributed by atoms with van der Waals surface area (Å²) < 4.78 is 26.6. The van der Waals surface area contributed by atoms with Crippen LogP contribution in [0.4, 0.5) is 0 Å². The second-order valence-electron chi connectivity index (χ2n) is 5.63. The highest BCUT2D eigenvalue weighted by molar-refractivity contribution is 9.09. The van der Waals surface area contributed by atoms with Crippen molar-refractivity contribution < 1.29 is 28.5 Å². The van der Waals surface area contributed by atoms with Crippen molar-refractivity contribution >= 4 is 21.9 Å². The van der Waals surface area contributed by atoms with Gasteiger partial charge < -0.3 is 23.7 Å². The molecule has 0 aliphatic carbocycles. The summed E-state index contributed by atoms with van der Waals surface area (Å²) in [6, 6.07) is 1.71. The molecule has 0 saturated carbocycles. The third-order valence-electron chi connectivity index (χ3n) is 3.71. The third kappa shape index (κ3) is 6.30. The van der Waals surface area contributed by atoms with Crippen LogP contribution in [0.15, 0.2) is 17.7 Å². The first-order valence-corrected chi connectivity index (χ1v) is 9.32. The second kappa shape index (κ2) is 11.9. The topological polar surface area (TPSA) is 63.2 Å². The molecule has 7 heteroatoms. The SMILES string of the molecule is COCCOCOc1c(C(=O)OC)cc(C)c(OC)c1C/C=C(\C)CBr. The van der Waals surface area contributed by atoms with E-state index in [1.54, 1.807) is 20.3 Å². The Morgan fingerprint density at radius 1 is 1.19 bits per heavy atom. The number of esters is 1. The number of aryl methyl sites for hydroxylation is 1. The number of rotatable bonds is 11. The smallest absolute Gasteiger partial charge is 0.341 e. The summed E-state index contributed by atoms with van der Waals surface area (Å²) in [5.74, 6) is 0.628. The monoisotopic (exact) mass is 430 g/mol. The van der Waals surface area contributed by atoms with Crippen molar-refractivity contribution in [3.63, 3.8) is 0 Å². The fourth-order valence-electron chi connectivity index (χ4n) is 2.38. The molecule has 26 heavy (non-hydrogen) atoms. The zero-order chi connectivity index (χ0) is 19.5. The molecule has 0 aromatic heterocycles. The van der Waals surface area contributed by atoms with Gasteiger partial charge in [-0.15, -0.1) is 0 Å². The standard InChI is InChI=1S/C19H27BrO6/c1-13(11-20)6-7-15-17(23-4)14(2)10-16(19(21)24-5)18(15)26-12-25-9-8-22-3/h6,10H,7-9,11-12H2,1-5H3/b13-6+. The number of methoxy groups -OCH3 is 3. The van der Waals surface area contributed by atoms with E-state index in [9.17, 15) is 4.79 Å². The Bertz CT molecular complexity index is 627. The number of hydrogen-bond acceptors (Lipinski definition) is 6. The van der Waals surface area contributed by atoms with Gasteiger partial charge in [0.1, 0.15) is 17.1 Å². The van der Waals surface area contributed by atoms with Crippen LogP contribution in [0.25, 0.3) is 0 Å². The van der Waals surface area contributed by atoms with Gasteiger partial charge in [-0.2, -0.15) is 0 Å². The maximum Gasteiger partial charge on any atom is 0.341 e. The van der Waals surface area contributed by atoms with Gasteiger partial charge in [0.25, 0.3) is 0 Å². The molecule has 0 radical (unpaired) electrons. The highest BCUT2D eigenvalue weighted by atomic mass is 79.9. The highest BCUT2D eigenvalue weighted by Crippen LogP contribution is 2.37. The van der Waals surface area contributed by atoms with Crippen molar-refractivity contribution in [3.05, 3.63) is 34.4 Å². The molecule has 0 fully saturated rings. The van der Waals surface area contributed by atoms with Crippen LogP contribution < -0.4 is 9.47 Å². The molecular weight excluding hydrogens is 404 g/mol. The minimum atomic E-state index is -0.468. The van der Waals surface area contributed by atoms with Gasteiger partial charge >= 0.3 is 5.97 Å². The molecule has 0 saturated heterocycles. The second-order valence-corrected chi connectivity index (χ2v) is 6.19. The van der Waals surface area contributed by atoms with Gasteiger partial charge in [-0.05, 0) is 31.9 Å². The molecule has 1 aromatic rings. The zero-order valence-corrected chi connectivity index (χ0v) is 17.6. The largest absolute Gasteiger partial charge is 0.496 e. The van der Waals surface area contributed by atoms with Crippen LogP contribution in [0, 0.1) is 6.92 Å². The number of carbonyl (C=O) groups excluding carboxylic acids is 1. The molecule has 0 amide bonds. The maximum absolute atomic E-state index is 12.2. The van der Waals surface area contributed by atoms with Gasteiger partial charge in [-0.1, -0.05) is 27.6 Å². The molecule has 0 aliphatic rings. The van der Waals surface area contributed by atoms with Gasteiger partial charge in [0, 0.05) is 18.0 Å². The lowest BCUT2D eigenvalue weighted by atomic mass is 9.99. The average molecular weight is 431 g/mol. The van der Waals surface area contributed by atoms with Crippen molar-refractivity contribution in [2.24, 2.45) is 0 Å². The van der Waals surface area contributed by atoms with Gasteiger partial charge in [-0.25, -0.2) is 4.79 Å². The lowest BCUT2D eigenvalue weighted by Gasteiger charge is -2.19. The predicted octanol–water partition coefficient (Wildman–Crippen LogP) is 3.67. The number of carbonyl (C=O) groups is 1. The number of alkyl halides is 1. The summed E-state index contributed by atoms with van der Waals surface area (Å²) in [5.41, 5.74) is 3.13. The van der Waals surface area contributed by atoms with E-state index in [0.717, 1.165) is 22.0 Å². The molecule has 0 heterocycles. The Labute approximate surface area is 163 Å². The van der Waals surface area contributed by atoms with E-state index in [4.69, 9.17) is 23.7 Å². The Morgan fingerprint density at radius 2 is 1.92 bits per heavy atom. The van der Waals surface area contributed by atoms with E-state index in [1.165, 1.54) is 7.11 Å². The Balaban J connectivity index is 3.29. The van der Waals surface area contributed by atoms with Gasteiger partial charge in [0.15, 0.2) is 6.79 Å². The van der Waals surface area contributed by atoms with E-state index in [2.05, 4.69) is 22.0 Å². The Hall–Kier alpha value is -1.57. The highest BCUT2D eigenvalue weighted by Gasteiger charge is 2.22. The van der Waals surface area contributed by atoms with Crippen molar-refractivity contribution in [2.45, 2.75) is 20.3 Å². The summed E-state index contributed by atoms with van der Waals surface area (Å²) in [4.78, 5) is 12.2. The van der Waals surface area contributed by atoms with Crippen molar-refractivity contribution in [1.29, 1.82) is 0 Å². The average Bonchev–Trinajstić information content (AvgIpc) is 2.65. The quantitative estimate of drug-likeness (QED) is 0.175. The fourth-order valence-corrected chi connectivity index (χ4v) is 2.61. The minimum Gasteiger partial charge on any atom is -0.496 e. The van der Waals surface area contributed by atoms with Gasteiger partial charge in [0.05, 0.1) is 27.4 Å². The van der Waals surface area contributed by atoms with Crippen LogP contribution in [-0.4, -0.2) is 52.6 Å². The summed E-state index contributed by atoms with van der Waals surface area (Å²) in [6.07, 6.45) is 2.62. The Kier molecular flexibility index (Phi) is 10.3. The van der Waals surface area contributed by atoms with Gasteiger partial charge in [0.2, 0.25) is 0 Å². The zero-order valence-electron chi connectivity index (χ0n) is 16.0. The summed E-state index contributed by atoms with van der Waals surface area (Å²) in [5, 5.41) is 0.765. The van der Waals surface area contributed by atoms with Crippen LogP contribution in [0.5, 0.6) is 11.5 Å². The Morgan fingerprint density at radius 3 is 2.50 bits per heavy atom. The number of benzene rings is 1. The van der Waals surface area contributed by atoms with E-state index in [-0.39, 0.29) is 6.79 Å². The minimum absolute atomic E-state index is 0.00624. The molecule has 0 atom stereocenters. The maximum atomic E-state index is 12.2. The third-order valence-corrected chi connectivity index (χ3v) is 4.59. The lowest BCUT2D eigenvalue weighted by Crippen LogP contribution is -2.14. The summed E-state index contributed by atoms with van der Waals surface area (Å²) in [7, 11) is 4.54. The molecule has 0 unspecified atom stereocenters. The lowest BCUT2D eigenvalue weighted by molar-refractivity contribution is -0.00952. The molecule has 1 aromatic carbocycles. The molecule has 1 rings (SSSR count). The normalized spacial score (nSPS) is 11.4. The van der Waals surface area contributed by atoms with E-state index < -0.39 is 5.97 Å². The van der Waals surface area contributed by atoms with E-state index in [0.29, 0.717) is 36.7 Å². The van der Waals surface area contributed by atoms with Crippen LogP contribution in [0.3, 0.4) is 0 Å². The van der Waals surface area contributed by atoms with E-state index in [1.807, 2.05) is 13.8 Å². The van der Waals surface area contributed by atoms with Crippen LogP contribution >= 0.6 is 15.9 Å². The molecule has 0 bridgehead atoms. The molecular formula is C19H27BrO6. The summed E-state index contributed by atoms with van der Waals surface area (Å²) in [6.45, 7) is 4.75. The first-order chi connectivity index (χ1) is 12.5. The number of halogens is 1. The van der Waals surface area contributed by atoms with Crippen molar-refractivity contribution in [2.75, 3.05) is 46.7 Å². The molecule has 0 N–H and O–H groups in total. The predicted molar refractivity (Wildman–Crippen MR) is 104 cm³/mol. The first-order valence-electron chi connectivity index (χ1n) is 8.19. The number of allylic oxidation sites excluding steroid dienone is 2. The van der Waals surface area contributed by atoms with Crippen molar-refractivity contribution in [3.8, 4) is 11.5 Å². The first kappa shape index (κ1) is 22.5. The molecule has 0 aliphatic heterocycles. The van der Waals surface area contributed by atoms with Crippen LogP contribution in [0.1, 0.15) is 28.4 Å². The number of ether oxygens (including phenoxy) is 5. The van der Waals surface area contributed by atoms with E-state index >= 15 is 0 Å². The van der Waals surface area contributed by atoms with Crippen LogP contribution in [-0.2, 0) is 20.6 Å². The van der Waals surface area contributed by atoms with Crippen LogP contribution in [0.2, 0.25) is 0 Å². The molecule has 6 nitrogen and oxygen atoms in total. The summed E-state index contributed by atoms with van der Waals surface area (Å²) >= 11 is 3.44. The molecule has 0 spiro atoms. The molecule has 146 valence electrons. The number of hydrogen-bond donors (Lipinski definition) is 0. The van der Waals surface area contributed by atoms with Gasteiger partial charge in [-0.3, -0.25) is 0 Å².